The molecule has 1 saturated carbocycles. The molecule has 1 saturated heterocycles. The Morgan fingerprint density at radius 3 is 2.76 bits per heavy atom. The first kappa shape index (κ1) is 13.2. The molecule has 1 heterocycles. The maximum Gasteiger partial charge on any atom is 0.225 e. The maximum atomic E-state index is 12.0. The number of nitrogens with one attached hydrogen (secondary N) is 1. The molecule has 1 N–H and O–H groups in total. The monoisotopic (exact) mass is 259 g/mol. The minimum Gasteiger partial charge on any atom is -0.378 e. The number of carbonyl (C=O) groups is 1. The summed E-state index contributed by atoms with van der Waals surface area (Å²) in [5, 5.41) is 3.08. The fourth-order valence-electron chi connectivity index (χ4n) is 3.02. The van der Waals surface area contributed by atoms with Crippen molar-refractivity contribution in [3.63, 3.8) is 0 Å². The molecule has 0 aromatic heterocycles. The number of ether oxygens (including phenoxy) is 1. The van der Waals surface area contributed by atoms with Gasteiger partial charge in [0, 0.05) is 19.0 Å². The summed E-state index contributed by atoms with van der Waals surface area (Å²) in [7, 11) is 0. The van der Waals surface area contributed by atoms with Crippen LogP contribution in [0.15, 0.2) is 0 Å². The van der Waals surface area contributed by atoms with E-state index in [1.165, 1.54) is 19.3 Å². The molecule has 1 amide bonds. The SMILES string of the molecule is CC1OCCC1C(=O)NCC1CCCC1CCl. The van der Waals surface area contributed by atoms with Crippen molar-refractivity contribution in [2.75, 3.05) is 19.0 Å². The van der Waals surface area contributed by atoms with Crippen molar-refractivity contribution in [2.24, 2.45) is 17.8 Å². The van der Waals surface area contributed by atoms with Crippen LogP contribution in [0.5, 0.6) is 0 Å². The summed E-state index contributed by atoms with van der Waals surface area (Å²) in [4.78, 5) is 12.0. The largest absolute Gasteiger partial charge is 0.378 e. The van der Waals surface area contributed by atoms with E-state index in [4.69, 9.17) is 16.3 Å². The molecule has 1 aliphatic carbocycles. The first-order valence-corrected chi connectivity index (χ1v) is 7.21. The quantitative estimate of drug-likeness (QED) is 0.786. The van der Waals surface area contributed by atoms with E-state index in [0.29, 0.717) is 18.4 Å². The van der Waals surface area contributed by atoms with Gasteiger partial charge in [0.2, 0.25) is 5.91 Å². The van der Waals surface area contributed by atoms with Gasteiger partial charge in [0.15, 0.2) is 0 Å². The first-order valence-electron chi connectivity index (χ1n) is 6.67. The van der Waals surface area contributed by atoms with Crippen LogP contribution in [0, 0.1) is 17.8 Å². The molecule has 0 aromatic carbocycles. The summed E-state index contributed by atoms with van der Waals surface area (Å²) in [6.45, 7) is 3.49. The van der Waals surface area contributed by atoms with Gasteiger partial charge in [-0.1, -0.05) is 6.42 Å². The zero-order valence-electron chi connectivity index (χ0n) is 10.5. The predicted octanol–water partition coefficient (Wildman–Crippen LogP) is 2.18. The number of amides is 1. The van der Waals surface area contributed by atoms with E-state index in [1.807, 2.05) is 6.92 Å². The van der Waals surface area contributed by atoms with E-state index in [2.05, 4.69) is 5.32 Å². The Balaban J connectivity index is 1.76. The van der Waals surface area contributed by atoms with Crippen LogP contribution in [0.3, 0.4) is 0 Å². The van der Waals surface area contributed by atoms with E-state index in [9.17, 15) is 4.79 Å². The average molecular weight is 260 g/mol. The fraction of sp³-hybridized carbons (Fsp3) is 0.923. The van der Waals surface area contributed by atoms with Crippen molar-refractivity contribution in [2.45, 2.75) is 38.7 Å². The Labute approximate surface area is 108 Å². The maximum absolute atomic E-state index is 12.0. The van der Waals surface area contributed by atoms with E-state index in [-0.39, 0.29) is 17.9 Å². The van der Waals surface area contributed by atoms with Gasteiger partial charge in [-0.2, -0.15) is 0 Å². The lowest BCUT2D eigenvalue weighted by molar-refractivity contribution is -0.126. The predicted molar refractivity (Wildman–Crippen MR) is 68.1 cm³/mol. The van der Waals surface area contributed by atoms with Crippen LogP contribution in [0.2, 0.25) is 0 Å². The van der Waals surface area contributed by atoms with Gasteiger partial charge in [0.05, 0.1) is 12.0 Å². The lowest BCUT2D eigenvalue weighted by Crippen LogP contribution is -2.37. The molecule has 3 nitrogen and oxygen atoms in total. The van der Waals surface area contributed by atoms with Gasteiger partial charge in [-0.25, -0.2) is 0 Å². The first-order chi connectivity index (χ1) is 8.22. The zero-order valence-corrected chi connectivity index (χ0v) is 11.2. The highest BCUT2D eigenvalue weighted by Crippen LogP contribution is 2.32. The Hall–Kier alpha value is -0.280. The zero-order chi connectivity index (χ0) is 12.3. The molecule has 17 heavy (non-hydrogen) atoms. The molecule has 4 atom stereocenters. The molecule has 0 radical (unpaired) electrons. The third-order valence-electron chi connectivity index (χ3n) is 4.27. The number of halogens is 1. The molecule has 0 spiro atoms. The molecule has 0 bridgehead atoms. The van der Waals surface area contributed by atoms with Gasteiger partial charge < -0.3 is 10.1 Å². The number of rotatable bonds is 4. The topological polar surface area (TPSA) is 38.3 Å². The van der Waals surface area contributed by atoms with Crippen LogP contribution in [-0.4, -0.2) is 31.0 Å². The second-order valence-electron chi connectivity index (χ2n) is 5.32. The summed E-state index contributed by atoms with van der Waals surface area (Å²) in [6.07, 6.45) is 4.60. The minimum atomic E-state index is 0.0471. The number of hydrogen-bond donors (Lipinski definition) is 1. The highest BCUT2D eigenvalue weighted by Gasteiger charge is 2.32. The molecule has 0 aromatic rings. The van der Waals surface area contributed by atoms with Crippen LogP contribution in [0.4, 0.5) is 0 Å². The molecule has 4 heteroatoms. The van der Waals surface area contributed by atoms with Gasteiger partial charge >= 0.3 is 0 Å². The number of hydrogen-bond acceptors (Lipinski definition) is 2. The van der Waals surface area contributed by atoms with Crippen LogP contribution < -0.4 is 5.32 Å². The molecule has 2 fully saturated rings. The number of carbonyl (C=O) groups excluding carboxylic acids is 1. The second kappa shape index (κ2) is 6.05. The highest BCUT2D eigenvalue weighted by molar-refractivity contribution is 6.18. The summed E-state index contributed by atoms with van der Waals surface area (Å²) < 4.78 is 5.42. The van der Waals surface area contributed by atoms with Crippen LogP contribution in [0.1, 0.15) is 32.6 Å². The lowest BCUT2D eigenvalue weighted by atomic mass is 9.97. The van der Waals surface area contributed by atoms with Crippen LogP contribution in [0.25, 0.3) is 0 Å². The van der Waals surface area contributed by atoms with Gasteiger partial charge in [-0.15, -0.1) is 11.6 Å². The summed E-state index contributed by atoms with van der Waals surface area (Å²) in [5.74, 6) is 2.10. The van der Waals surface area contributed by atoms with E-state index in [0.717, 1.165) is 18.8 Å². The standard InChI is InChI=1S/C13H22ClNO2/c1-9-12(5-6-17-9)13(16)15-8-11-4-2-3-10(11)7-14/h9-12H,2-8H2,1H3,(H,15,16). The molecule has 2 aliphatic rings. The van der Waals surface area contributed by atoms with Crippen molar-refractivity contribution in [1.82, 2.24) is 5.32 Å². The van der Waals surface area contributed by atoms with Gasteiger partial charge in [-0.3, -0.25) is 4.79 Å². The van der Waals surface area contributed by atoms with E-state index < -0.39 is 0 Å². The Bertz CT molecular complexity index is 272. The van der Waals surface area contributed by atoms with Crippen molar-refractivity contribution in [3.8, 4) is 0 Å². The van der Waals surface area contributed by atoms with Crippen LogP contribution in [-0.2, 0) is 9.53 Å². The molecule has 4 unspecified atom stereocenters. The Morgan fingerprint density at radius 2 is 2.12 bits per heavy atom. The summed E-state index contributed by atoms with van der Waals surface area (Å²) in [6, 6.07) is 0. The Kier molecular flexibility index (Phi) is 4.69. The highest BCUT2D eigenvalue weighted by atomic mass is 35.5. The molecule has 1 aliphatic heterocycles. The molecule has 98 valence electrons. The second-order valence-corrected chi connectivity index (χ2v) is 5.63. The van der Waals surface area contributed by atoms with E-state index in [1.54, 1.807) is 0 Å². The van der Waals surface area contributed by atoms with Crippen LogP contribution >= 0.6 is 11.6 Å². The van der Waals surface area contributed by atoms with Crippen molar-refractivity contribution >= 4 is 17.5 Å². The van der Waals surface area contributed by atoms with Crippen molar-refractivity contribution in [3.05, 3.63) is 0 Å². The van der Waals surface area contributed by atoms with Crippen molar-refractivity contribution in [1.29, 1.82) is 0 Å². The van der Waals surface area contributed by atoms with Gasteiger partial charge in [0.25, 0.3) is 0 Å². The van der Waals surface area contributed by atoms with E-state index >= 15 is 0 Å². The molecular formula is C13H22ClNO2. The number of alkyl halides is 1. The normalized spacial score (nSPS) is 37.3. The third-order valence-corrected chi connectivity index (χ3v) is 4.66. The lowest BCUT2D eigenvalue weighted by Gasteiger charge is -2.20. The Morgan fingerprint density at radius 1 is 1.35 bits per heavy atom. The summed E-state index contributed by atoms with van der Waals surface area (Å²) in [5.41, 5.74) is 0. The summed E-state index contributed by atoms with van der Waals surface area (Å²) >= 11 is 5.94. The smallest absolute Gasteiger partial charge is 0.225 e. The van der Waals surface area contributed by atoms with Gasteiger partial charge in [0.1, 0.15) is 0 Å². The third kappa shape index (κ3) is 3.14. The van der Waals surface area contributed by atoms with Crippen molar-refractivity contribution < 1.29 is 9.53 Å². The molecule has 2 rings (SSSR count). The molecular weight excluding hydrogens is 238 g/mol. The fourth-order valence-corrected chi connectivity index (χ4v) is 3.43. The average Bonchev–Trinajstić information content (AvgIpc) is 2.94. The van der Waals surface area contributed by atoms with Gasteiger partial charge in [-0.05, 0) is 38.0 Å². The minimum absolute atomic E-state index is 0.0471.